The maximum Gasteiger partial charge on any atom is 0.116 e. The first-order valence-electron chi connectivity index (χ1n) is 6.43. The number of aromatic hydroxyl groups is 1. The van der Waals surface area contributed by atoms with Gasteiger partial charge < -0.3 is 9.67 Å². The van der Waals surface area contributed by atoms with E-state index in [1.807, 2.05) is 26.2 Å². The molecule has 0 saturated heterocycles. The first kappa shape index (κ1) is 14.0. The molecule has 2 aromatic rings. The van der Waals surface area contributed by atoms with Crippen molar-refractivity contribution < 1.29 is 5.11 Å². The normalized spacial score (nSPS) is 11.2. The predicted molar refractivity (Wildman–Crippen MR) is 79.8 cm³/mol. The molecular formula is C15H20N2OS. The molecule has 0 bridgehead atoms. The molecule has 0 spiro atoms. The molecule has 102 valence electrons. The summed E-state index contributed by atoms with van der Waals surface area (Å²) in [7, 11) is 0. The van der Waals surface area contributed by atoms with Crippen molar-refractivity contribution in [2.24, 2.45) is 0 Å². The van der Waals surface area contributed by atoms with E-state index in [0.717, 1.165) is 21.9 Å². The van der Waals surface area contributed by atoms with Crippen molar-refractivity contribution in [2.45, 2.75) is 44.4 Å². The minimum atomic E-state index is 0.330. The van der Waals surface area contributed by atoms with Crippen LogP contribution in [0.25, 0.3) is 0 Å². The van der Waals surface area contributed by atoms with Crippen molar-refractivity contribution in [3.05, 3.63) is 41.5 Å². The lowest BCUT2D eigenvalue weighted by Crippen LogP contribution is -2.04. The highest BCUT2D eigenvalue weighted by atomic mass is 32.2. The minimum Gasteiger partial charge on any atom is -0.508 e. The molecule has 2 rings (SSSR count). The van der Waals surface area contributed by atoms with E-state index < -0.39 is 0 Å². The van der Waals surface area contributed by atoms with Crippen LogP contribution in [0.2, 0.25) is 0 Å². The zero-order valence-corrected chi connectivity index (χ0v) is 12.7. The summed E-state index contributed by atoms with van der Waals surface area (Å²) in [6, 6.07) is 6.09. The first-order chi connectivity index (χ1) is 8.97. The third kappa shape index (κ3) is 3.32. The van der Waals surface area contributed by atoms with Gasteiger partial charge in [0.1, 0.15) is 5.75 Å². The van der Waals surface area contributed by atoms with Gasteiger partial charge in [-0.1, -0.05) is 0 Å². The lowest BCUT2D eigenvalue weighted by Gasteiger charge is -2.12. The van der Waals surface area contributed by atoms with Crippen LogP contribution in [0.15, 0.2) is 29.4 Å². The van der Waals surface area contributed by atoms with Crippen molar-refractivity contribution in [1.29, 1.82) is 0 Å². The van der Waals surface area contributed by atoms with Gasteiger partial charge in [0.15, 0.2) is 0 Å². The zero-order chi connectivity index (χ0) is 14.0. The summed E-state index contributed by atoms with van der Waals surface area (Å²) in [6.45, 7) is 8.36. The SMILES string of the molecule is Cc1cc(O)cc(SCc2c(C)ncn2C(C)C)c1. The molecule has 0 unspecified atom stereocenters. The fraction of sp³-hybridized carbons (Fsp3) is 0.400. The summed E-state index contributed by atoms with van der Waals surface area (Å²) < 4.78 is 2.21. The predicted octanol–water partition coefficient (Wildman–Crippen LogP) is 4.08. The van der Waals surface area contributed by atoms with Crippen LogP contribution in [0.1, 0.15) is 36.8 Å². The zero-order valence-electron chi connectivity index (χ0n) is 11.8. The Kier molecular flexibility index (Phi) is 4.20. The third-order valence-corrected chi connectivity index (χ3v) is 4.06. The minimum absolute atomic E-state index is 0.330. The summed E-state index contributed by atoms with van der Waals surface area (Å²) in [6.07, 6.45) is 1.91. The van der Waals surface area contributed by atoms with Gasteiger partial charge in [-0.15, -0.1) is 11.8 Å². The van der Waals surface area contributed by atoms with Crippen LogP contribution in [-0.4, -0.2) is 14.7 Å². The van der Waals surface area contributed by atoms with Crippen LogP contribution in [0, 0.1) is 13.8 Å². The first-order valence-corrected chi connectivity index (χ1v) is 7.41. The Hall–Kier alpha value is -1.42. The number of benzene rings is 1. The molecule has 0 amide bonds. The molecule has 1 aromatic carbocycles. The van der Waals surface area contributed by atoms with Gasteiger partial charge in [-0.05, 0) is 51.5 Å². The fourth-order valence-corrected chi connectivity index (χ4v) is 3.20. The molecule has 0 aliphatic heterocycles. The lowest BCUT2D eigenvalue weighted by atomic mass is 10.2. The van der Waals surface area contributed by atoms with E-state index in [0.29, 0.717) is 11.8 Å². The van der Waals surface area contributed by atoms with Crippen LogP contribution >= 0.6 is 11.8 Å². The average Bonchev–Trinajstić information content (AvgIpc) is 2.67. The molecule has 1 heterocycles. The standard InChI is InChI=1S/C15H20N2OS/c1-10(2)17-9-16-12(4)15(17)8-19-14-6-11(3)5-13(18)7-14/h5-7,9-10,18H,8H2,1-4H3. The van der Waals surface area contributed by atoms with Crippen molar-refractivity contribution in [2.75, 3.05) is 0 Å². The van der Waals surface area contributed by atoms with E-state index in [-0.39, 0.29) is 0 Å². The van der Waals surface area contributed by atoms with E-state index in [1.165, 1.54) is 5.69 Å². The molecule has 0 fully saturated rings. The molecule has 3 nitrogen and oxygen atoms in total. The molecule has 0 saturated carbocycles. The molecule has 0 radical (unpaired) electrons. The maximum absolute atomic E-state index is 9.62. The van der Waals surface area contributed by atoms with Crippen molar-refractivity contribution in [3.63, 3.8) is 0 Å². The molecule has 0 aliphatic carbocycles. The second-order valence-electron chi connectivity index (χ2n) is 5.07. The van der Waals surface area contributed by atoms with Gasteiger partial charge in [0.2, 0.25) is 0 Å². The molecule has 4 heteroatoms. The van der Waals surface area contributed by atoms with Gasteiger partial charge in [-0.3, -0.25) is 0 Å². The Balaban J connectivity index is 2.16. The maximum atomic E-state index is 9.62. The van der Waals surface area contributed by atoms with E-state index in [1.54, 1.807) is 17.8 Å². The Labute approximate surface area is 118 Å². The fourth-order valence-electron chi connectivity index (χ4n) is 2.07. The monoisotopic (exact) mass is 276 g/mol. The van der Waals surface area contributed by atoms with E-state index in [4.69, 9.17) is 0 Å². The molecule has 0 aliphatic rings. The number of thioether (sulfide) groups is 1. The number of phenols is 1. The largest absolute Gasteiger partial charge is 0.508 e. The topological polar surface area (TPSA) is 38.1 Å². The Morgan fingerprint density at radius 2 is 2.00 bits per heavy atom. The summed E-state index contributed by atoms with van der Waals surface area (Å²) in [5.74, 6) is 1.20. The van der Waals surface area contributed by atoms with Gasteiger partial charge in [0.05, 0.1) is 17.7 Å². The van der Waals surface area contributed by atoms with Crippen LogP contribution < -0.4 is 0 Å². The Bertz CT molecular complexity index is 555. The second kappa shape index (κ2) is 5.70. The number of hydrogen-bond donors (Lipinski definition) is 1. The summed E-state index contributed by atoms with van der Waals surface area (Å²) in [4.78, 5) is 5.48. The molecule has 1 aromatic heterocycles. The molecular weight excluding hydrogens is 256 g/mol. The third-order valence-electron chi connectivity index (χ3n) is 3.07. The highest BCUT2D eigenvalue weighted by Gasteiger charge is 2.10. The smallest absolute Gasteiger partial charge is 0.116 e. The highest BCUT2D eigenvalue weighted by Crippen LogP contribution is 2.28. The van der Waals surface area contributed by atoms with Crippen LogP contribution in [-0.2, 0) is 5.75 Å². The average molecular weight is 276 g/mol. The van der Waals surface area contributed by atoms with Gasteiger partial charge in [-0.2, -0.15) is 0 Å². The summed E-state index contributed by atoms with van der Waals surface area (Å²) in [5.41, 5.74) is 3.41. The van der Waals surface area contributed by atoms with Crippen molar-refractivity contribution >= 4 is 11.8 Å². The number of rotatable bonds is 4. The summed E-state index contributed by atoms with van der Waals surface area (Å²) in [5, 5.41) is 9.62. The quantitative estimate of drug-likeness (QED) is 0.855. The van der Waals surface area contributed by atoms with E-state index in [9.17, 15) is 5.11 Å². The lowest BCUT2D eigenvalue weighted by molar-refractivity contribution is 0.473. The van der Waals surface area contributed by atoms with Crippen molar-refractivity contribution in [3.8, 4) is 5.75 Å². The van der Waals surface area contributed by atoms with Gasteiger partial charge in [0.25, 0.3) is 0 Å². The number of aromatic nitrogens is 2. The number of aryl methyl sites for hydroxylation is 2. The van der Waals surface area contributed by atoms with Crippen LogP contribution in [0.3, 0.4) is 0 Å². The number of imidazole rings is 1. The van der Waals surface area contributed by atoms with E-state index in [2.05, 4.69) is 29.5 Å². The van der Waals surface area contributed by atoms with Gasteiger partial charge in [-0.25, -0.2) is 4.98 Å². The molecule has 0 atom stereocenters. The molecule has 1 N–H and O–H groups in total. The van der Waals surface area contributed by atoms with Gasteiger partial charge in [0, 0.05) is 16.7 Å². The Morgan fingerprint density at radius 1 is 1.26 bits per heavy atom. The molecule has 19 heavy (non-hydrogen) atoms. The van der Waals surface area contributed by atoms with Gasteiger partial charge >= 0.3 is 0 Å². The second-order valence-corrected chi connectivity index (χ2v) is 6.12. The highest BCUT2D eigenvalue weighted by molar-refractivity contribution is 7.98. The Morgan fingerprint density at radius 3 is 2.63 bits per heavy atom. The van der Waals surface area contributed by atoms with Crippen LogP contribution in [0.4, 0.5) is 0 Å². The van der Waals surface area contributed by atoms with Crippen LogP contribution in [0.5, 0.6) is 5.75 Å². The number of phenolic OH excluding ortho intramolecular Hbond substituents is 1. The number of hydrogen-bond acceptors (Lipinski definition) is 3. The summed E-state index contributed by atoms with van der Waals surface area (Å²) >= 11 is 1.73. The van der Waals surface area contributed by atoms with Crippen molar-refractivity contribution in [1.82, 2.24) is 9.55 Å². The van der Waals surface area contributed by atoms with E-state index >= 15 is 0 Å². The number of nitrogens with zero attached hydrogens (tertiary/aromatic N) is 2.